The Bertz CT molecular complexity index is 761. The summed E-state index contributed by atoms with van der Waals surface area (Å²) in [6, 6.07) is 14.7. The fourth-order valence-electron chi connectivity index (χ4n) is 3.00. The summed E-state index contributed by atoms with van der Waals surface area (Å²) in [5.41, 5.74) is 0.698. The maximum Gasteiger partial charge on any atom is 0.319 e. The van der Waals surface area contributed by atoms with E-state index in [0.717, 1.165) is 26.3 Å². The van der Waals surface area contributed by atoms with Crippen LogP contribution in [0.3, 0.4) is 0 Å². The number of methoxy groups -OCH3 is 1. The van der Waals surface area contributed by atoms with Crippen LogP contribution in [0.25, 0.3) is 0 Å². The van der Waals surface area contributed by atoms with Crippen LogP contribution in [-0.4, -0.2) is 56.9 Å². The number of carbonyl (C=O) groups is 1. The molecule has 0 saturated carbocycles. The molecule has 0 aliphatic carbocycles. The second-order valence-electron chi connectivity index (χ2n) is 6.61. The third-order valence-electron chi connectivity index (χ3n) is 4.64. The van der Waals surface area contributed by atoms with E-state index in [4.69, 9.17) is 14.2 Å². The molecule has 1 heterocycles. The van der Waals surface area contributed by atoms with Crippen LogP contribution in [0.4, 0.5) is 10.5 Å². The van der Waals surface area contributed by atoms with Gasteiger partial charge in [0.15, 0.2) is 11.5 Å². The summed E-state index contributed by atoms with van der Waals surface area (Å²) in [6.45, 7) is 5.99. The van der Waals surface area contributed by atoms with Gasteiger partial charge in [-0.15, -0.1) is 0 Å². The van der Waals surface area contributed by atoms with Gasteiger partial charge in [0.25, 0.3) is 0 Å². The number of nitrogens with zero attached hydrogens (tertiary/aromatic N) is 1. The van der Waals surface area contributed by atoms with E-state index in [9.17, 15) is 4.79 Å². The number of para-hydroxylation sites is 2. The molecule has 2 amide bonds. The summed E-state index contributed by atoms with van der Waals surface area (Å²) in [5.74, 6) is 1.97. The Kier molecular flexibility index (Phi) is 7.11. The minimum atomic E-state index is -0.224. The summed E-state index contributed by atoms with van der Waals surface area (Å²) in [6.07, 6.45) is 0. The topological polar surface area (TPSA) is 72.1 Å². The number of rotatable bonds is 7. The molecule has 2 N–H and O–H groups in total. The molecule has 1 saturated heterocycles. The van der Waals surface area contributed by atoms with E-state index < -0.39 is 0 Å². The van der Waals surface area contributed by atoms with E-state index in [1.165, 1.54) is 0 Å². The van der Waals surface area contributed by atoms with Gasteiger partial charge in [-0.25, -0.2) is 4.79 Å². The van der Waals surface area contributed by atoms with Crippen molar-refractivity contribution in [3.8, 4) is 17.2 Å². The van der Waals surface area contributed by atoms with Crippen molar-refractivity contribution in [2.45, 2.75) is 13.0 Å². The highest BCUT2D eigenvalue weighted by Gasteiger charge is 2.17. The molecule has 1 fully saturated rings. The molecule has 0 bridgehead atoms. The normalized spacial score (nSPS) is 15.5. The highest BCUT2D eigenvalue weighted by Crippen LogP contribution is 2.31. The van der Waals surface area contributed by atoms with Crippen molar-refractivity contribution in [2.24, 2.45) is 0 Å². The van der Waals surface area contributed by atoms with Crippen molar-refractivity contribution in [3.05, 3.63) is 48.5 Å². The highest BCUT2D eigenvalue weighted by molar-refractivity contribution is 5.89. The number of hydrogen-bond donors (Lipinski definition) is 2. The van der Waals surface area contributed by atoms with Gasteiger partial charge in [-0.1, -0.05) is 12.1 Å². The summed E-state index contributed by atoms with van der Waals surface area (Å²) in [7, 11) is 1.60. The quantitative estimate of drug-likeness (QED) is 0.765. The maximum absolute atomic E-state index is 12.1. The molecule has 2 aromatic carbocycles. The van der Waals surface area contributed by atoms with Crippen molar-refractivity contribution in [2.75, 3.05) is 45.3 Å². The zero-order chi connectivity index (χ0) is 19.8. The van der Waals surface area contributed by atoms with Crippen LogP contribution in [-0.2, 0) is 4.74 Å². The molecule has 7 heteroatoms. The molecule has 1 unspecified atom stereocenters. The second-order valence-corrected chi connectivity index (χ2v) is 6.61. The van der Waals surface area contributed by atoms with E-state index in [0.29, 0.717) is 29.5 Å². The minimum absolute atomic E-state index is 0.224. The van der Waals surface area contributed by atoms with Crippen molar-refractivity contribution in [1.82, 2.24) is 10.2 Å². The molecule has 1 aliphatic heterocycles. The smallest absolute Gasteiger partial charge is 0.319 e. The Hall–Kier alpha value is -2.77. The van der Waals surface area contributed by atoms with Gasteiger partial charge in [0.2, 0.25) is 0 Å². The number of hydrogen-bond acceptors (Lipinski definition) is 5. The van der Waals surface area contributed by atoms with Gasteiger partial charge < -0.3 is 24.8 Å². The average Bonchev–Trinajstić information content (AvgIpc) is 2.74. The van der Waals surface area contributed by atoms with Gasteiger partial charge in [0, 0.05) is 31.4 Å². The van der Waals surface area contributed by atoms with Gasteiger partial charge in [0.1, 0.15) is 5.75 Å². The number of morpholine rings is 1. The molecule has 0 spiro atoms. The maximum atomic E-state index is 12.1. The lowest BCUT2D eigenvalue weighted by atomic mass is 10.2. The van der Waals surface area contributed by atoms with E-state index >= 15 is 0 Å². The van der Waals surface area contributed by atoms with Crippen molar-refractivity contribution < 1.29 is 19.0 Å². The molecule has 2 aromatic rings. The fourth-order valence-corrected chi connectivity index (χ4v) is 3.00. The van der Waals surface area contributed by atoms with Crippen LogP contribution < -0.4 is 20.1 Å². The number of benzene rings is 2. The SMILES string of the molecule is COc1ccccc1Oc1ccc(NC(=O)NCC(C)N2CCOCC2)cc1. The number of carbonyl (C=O) groups excluding carboxylic acids is 1. The van der Waals surface area contributed by atoms with Crippen LogP contribution in [0.1, 0.15) is 6.92 Å². The Morgan fingerprint density at radius 3 is 2.46 bits per heavy atom. The monoisotopic (exact) mass is 385 g/mol. The molecule has 28 heavy (non-hydrogen) atoms. The Labute approximate surface area is 165 Å². The van der Waals surface area contributed by atoms with E-state index in [1.807, 2.05) is 24.3 Å². The minimum Gasteiger partial charge on any atom is -0.493 e. The summed E-state index contributed by atoms with van der Waals surface area (Å²) >= 11 is 0. The number of urea groups is 1. The van der Waals surface area contributed by atoms with E-state index in [-0.39, 0.29) is 12.1 Å². The Balaban J connectivity index is 1.47. The summed E-state index contributed by atoms with van der Waals surface area (Å²) in [4.78, 5) is 14.5. The predicted molar refractivity (Wildman–Crippen MR) is 108 cm³/mol. The molecular weight excluding hydrogens is 358 g/mol. The van der Waals surface area contributed by atoms with Crippen LogP contribution in [0.2, 0.25) is 0 Å². The molecule has 0 radical (unpaired) electrons. The zero-order valence-corrected chi connectivity index (χ0v) is 16.3. The molecular formula is C21H27N3O4. The molecule has 1 aliphatic rings. The standard InChI is InChI=1S/C21H27N3O4/c1-16(24-11-13-27-14-12-24)15-22-21(25)23-17-7-9-18(10-8-17)28-20-6-4-3-5-19(20)26-2/h3-10,16H,11-15H2,1-2H3,(H2,22,23,25). The van der Waals surface area contributed by atoms with Crippen molar-refractivity contribution >= 4 is 11.7 Å². The lowest BCUT2D eigenvalue weighted by Gasteiger charge is -2.32. The van der Waals surface area contributed by atoms with E-state index in [1.54, 1.807) is 31.4 Å². The average molecular weight is 385 g/mol. The van der Waals surface area contributed by atoms with E-state index in [2.05, 4.69) is 22.5 Å². The Morgan fingerprint density at radius 1 is 1.11 bits per heavy atom. The lowest BCUT2D eigenvalue weighted by molar-refractivity contribution is 0.0209. The molecule has 150 valence electrons. The van der Waals surface area contributed by atoms with Gasteiger partial charge in [0.05, 0.1) is 20.3 Å². The largest absolute Gasteiger partial charge is 0.493 e. The van der Waals surface area contributed by atoms with Crippen molar-refractivity contribution in [1.29, 1.82) is 0 Å². The number of ether oxygens (including phenoxy) is 3. The van der Waals surface area contributed by atoms with Crippen LogP contribution >= 0.6 is 0 Å². The molecule has 3 rings (SSSR count). The molecule has 1 atom stereocenters. The van der Waals surface area contributed by atoms with Gasteiger partial charge in [-0.05, 0) is 43.3 Å². The van der Waals surface area contributed by atoms with Gasteiger partial charge in [-0.2, -0.15) is 0 Å². The lowest BCUT2D eigenvalue weighted by Crippen LogP contribution is -2.47. The summed E-state index contributed by atoms with van der Waals surface area (Å²) < 4.78 is 16.5. The predicted octanol–water partition coefficient (Wildman–Crippen LogP) is 3.33. The molecule has 7 nitrogen and oxygen atoms in total. The highest BCUT2D eigenvalue weighted by atomic mass is 16.5. The van der Waals surface area contributed by atoms with Gasteiger partial charge in [-0.3, -0.25) is 4.90 Å². The third-order valence-corrected chi connectivity index (χ3v) is 4.64. The zero-order valence-electron chi connectivity index (χ0n) is 16.3. The third kappa shape index (κ3) is 5.61. The number of nitrogens with one attached hydrogen (secondary N) is 2. The Morgan fingerprint density at radius 2 is 1.79 bits per heavy atom. The number of amides is 2. The first-order valence-corrected chi connectivity index (χ1v) is 9.43. The second kappa shape index (κ2) is 9.96. The first kappa shape index (κ1) is 20.0. The first-order chi connectivity index (χ1) is 13.7. The number of anilines is 1. The van der Waals surface area contributed by atoms with Crippen LogP contribution in [0, 0.1) is 0 Å². The van der Waals surface area contributed by atoms with Crippen LogP contribution in [0.5, 0.6) is 17.2 Å². The first-order valence-electron chi connectivity index (χ1n) is 9.43. The molecule has 0 aromatic heterocycles. The van der Waals surface area contributed by atoms with Gasteiger partial charge >= 0.3 is 6.03 Å². The van der Waals surface area contributed by atoms with Crippen molar-refractivity contribution in [3.63, 3.8) is 0 Å². The fraction of sp³-hybridized carbons (Fsp3) is 0.381. The summed E-state index contributed by atoms with van der Waals surface area (Å²) in [5, 5.41) is 5.76. The van der Waals surface area contributed by atoms with Crippen LogP contribution in [0.15, 0.2) is 48.5 Å².